The zero-order chi connectivity index (χ0) is 15.4. The van der Waals surface area contributed by atoms with Crippen LogP contribution in [-0.4, -0.2) is 22.1 Å². The molecule has 22 heavy (non-hydrogen) atoms. The van der Waals surface area contributed by atoms with Crippen LogP contribution in [0.15, 0.2) is 47.1 Å². The lowest BCUT2D eigenvalue weighted by Crippen LogP contribution is -2.17. The predicted molar refractivity (Wildman–Crippen MR) is 89.5 cm³/mol. The Balaban J connectivity index is 1.74. The molecule has 0 bridgehead atoms. The van der Waals surface area contributed by atoms with Gasteiger partial charge in [-0.05, 0) is 30.5 Å². The van der Waals surface area contributed by atoms with Gasteiger partial charge in [-0.1, -0.05) is 6.07 Å². The summed E-state index contributed by atoms with van der Waals surface area (Å²) >= 11 is 2.89. The molecule has 0 aliphatic heterocycles. The first-order chi connectivity index (χ1) is 10.7. The minimum absolute atomic E-state index is 0.252. The summed E-state index contributed by atoms with van der Waals surface area (Å²) in [6, 6.07) is 7.62. The minimum atomic E-state index is -0.252. The van der Waals surface area contributed by atoms with Crippen LogP contribution < -0.4 is 5.43 Å². The molecule has 0 spiro atoms. The summed E-state index contributed by atoms with van der Waals surface area (Å²) in [6.07, 6.45) is 5.06. The molecule has 110 valence electrons. The number of hydrogen-bond donors (Lipinski definition) is 1. The number of amides is 1. The van der Waals surface area contributed by atoms with Crippen LogP contribution in [-0.2, 0) is 0 Å². The summed E-state index contributed by atoms with van der Waals surface area (Å²) in [5.41, 5.74) is 4.12. The molecule has 3 rings (SSSR count). The van der Waals surface area contributed by atoms with Gasteiger partial charge in [-0.15, -0.1) is 22.7 Å². The van der Waals surface area contributed by atoms with E-state index in [2.05, 4.69) is 20.5 Å². The molecule has 0 radical (unpaired) electrons. The molecule has 0 atom stereocenters. The van der Waals surface area contributed by atoms with E-state index in [0.717, 1.165) is 15.4 Å². The van der Waals surface area contributed by atoms with Crippen molar-refractivity contribution in [2.75, 3.05) is 0 Å². The van der Waals surface area contributed by atoms with E-state index in [0.29, 0.717) is 10.6 Å². The molecule has 3 aromatic rings. The van der Waals surface area contributed by atoms with Gasteiger partial charge in [0.15, 0.2) is 0 Å². The normalized spacial score (nSPS) is 11.0. The Bertz CT molecular complexity index is 794. The predicted octanol–water partition coefficient (Wildman–Crippen LogP) is 3.34. The third-order valence-corrected chi connectivity index (χ3v) is 4.82. The molecule has 0 fully saturated rings. The van der Waals surface area contributed by atoms with E-state index in [1.807, 2.05) is 36.6 Å². The molecule has 7 heteroatoms. The van der Waals surface area contributed by atoms with Gasteiger partial charge in [0.2, 0.25) is 0 Å². The number of thiophene rings is 1. The Morgan fingerprint density at radius 2 is 2.27 bits per heavy atom. The third kappa shape index (κ3) is 3.26. The largest absolute Gasteiger partial charge is 0.283 e. The van der Waals surface area contributed by atoms with Crippen LogP contribution >= 0.6 is 22.7 Å². The first-order valence-corrected chi connectivity index (χ1v) is 8.18. The quantitative estimate of drug-likeness (QED) is 0.590. The summed E-state index contributed by atoms with van der Waals surface area (Å²) < 4.78 is 0. The summed E-state index contributed by atoms with van der Waals surface area (Å²) in [7, 11) is 0. The van der Waals surface area contributed by atoms with E-state index in [9.17, 15) is 4.79 Å². The first kappa shape index (κ1) is 14.6. The van der Waals surface area contributed by atoms with Crippen molar-refractivity contribution < 1.29 is 4.79 Å². The molecular formula is C15H12N4OS2. The zero-order valence-electron chi connectivity index (χ0n) is 11.7. The number of hydrazone groups is 1. The molecule has 1 N–H and O–H groups in total. The molecule has 5 nitrogen and oxygen atoms in total. The number of carbonyl (C=O) groups excluding carboxylic acids is 1. The standard InChI is InChI=1S/C15H12N4OS2/c1-10-13(14(20)19-17-9-12-5-3-7-21-12)22-15(18-10)11-4-2-6-16-8-11/h2-9H,1H3,(H,19,20). The van der Waals surface area contributed by atoms with Gasteiger partial charge in [0, 0.05) is 22.8 Å². The smallest absolute Gasteiger partial charge is 0.266 e. The number of carbonyl (C=O) groups is 1. The summed E-state index contributed by atoms with van der Waals surface area (Å²) in [6.45, 7) is 1.81. The number of pyridine rings is 1. The van der Waals surface area contributed by atoms with Gasteiger partial charge >= 0.3 is 0 Å². The van der Waals surface area contributed by atoms with Crippen molar-refractivity contribution in [3.8, 4) is 10.6 Å². The molecule has 3 heterocycles. The molecule has 0 saturated heterocycles. The lowest BCUT2D eigenvalue weighted by Gasteiger charge is -1.96. The second kappa shape index (κ2) is 6.59. The van der Waals surface area contributed by atoms with Crippen molar-refractivity contribution in [1.29, 1.82) is 0 Å². The number of rotatable bonds is 4. The number of hydrogen-bond acceptors (Lipinski definition) is 6. The fourth-order valence-corrected chi connectivity index (χ4v) is 3.32. The summed E-state index contributed by atoms with van der Waals surface area (Å²) in [5, 5.41) is 6.70. The molecule has 1 amide bonds. The number of aromatic nitrogens is 2. The SMILES string of the molecule is Cc1nc(-c2cccnc2)sc1C(=O)NN=Cc1cccs1. The van der Waals surface area contributed by atoms with Crippen LogP contribution in [0.25, 0.3) is 10.6 Å². The molecule has 3 aromatic heterocycles. The third-order valence-electron chi connectivity index (χ3n) is 2.81. The van der Waals surface area contributed by atoms with Crippen LogP contribution in [0.2, 0.25) is 0 Å². The van der Waals surface area contributed by atoms with Crippen LogP contribution in [0.5, 0.6) is 0 Å². The maximum absolute atomic E-state index is 12.2. The van der Waals surface area contributed by atoms with Gasteiger partial charge in [-0.2, -0.15) is 5.10 Å². The average Bonchev–Trinajstić information content (AvgIpc) is 3.17. The van der Waals surface area contributed by atoms with Crippen LogP contribution in [0.3, 0.4) is 0 Å². The van der Waals surface area contributed by atoms with E-state index >= 15 is 0 Å². The molecule has 0 saturated carbocycles. The van der Waals surface area contributed by atoms with Crippen LogP contribution in [0, 0.1) is 6.92 Å². The highest BCUT2D eigenvalue weighted by Gasteiger charge is 2.15. The highest BCUT2D eigenvalue weighted by atomic mass is 32.1. The summed E-state index contributed by atoms with van der Waals surface area (Å²) in [4.78, 5) is 22.2. The number of nitrogens with one attached hydrogen (secondary N) is 1. The van der Waals surface area contributed by atoms with E-state index in [1.54, 1.807) is 29.9 Å². The van der Waals surface area contributed by atoms with Crippen LogP contribution in [0.1, 0.15) is 20.2 Å². The Morgan fingerprint density at radius 1 is 1.36 bits per heavy atom. The second-order valence-corrected chi connectivity index (χ2v) is 6.37. The summed E-state index contributed by atoms with van der Waals surface area (Å²) in [5.74, 6) is -0.252. The van der Waals surface area contributed by atoms with Crippen molar-refractivity contribution >= 4 is 34.8 Å². The number of thiazole rings is 1. The van der Waals surface area contributed by atoms with Gasteiger partial charge in [-0.25, -0.2) is 10.4 Å². The van der Waals surface area contributed by atoms with Gasteiger partial charge in [0.05, 0.1) is 11.9 Å². The highest BCUT2D eigenvalue weighted by Crippen LogP contribution is 2.27. The average molecular weight is 328 g/mol. The van der Waals surface area contributed by atoms with Crippen LogP contribution in [0.4, 0.5) is 0 Å². The van der Waals surface area contributed by atoms with E-state index < -0.39 is 0 Å². The Kier molecular flexibility index (Phi) is 4.36. The Hall–Kier alpha value is -2.38. The second-order valence-electron chi connectivity index (χ2n) is 4.39. The lowest BCUT2D eigenvalue weighted by atomic mass is 10.3. The van der Waals surface area contributed by atoms with Crippen molar-refractivity contribution in [2.45, 2.75) is 6.92 Å². The Morgan fingerprint density at radius 3 is 3.00 bits per heavy atom. The fourth-order valence-electron chi connectivity index (χ4n) is 1.79. The molecule has 0 unspecified atom stereocenters. The lowest BCUT2D eigenvalue weighted by molar-refractivity contribution is 0.0958. The Labute approximate surface area is 135 Å². The molecule has 0 aromatic carbocycles. The maximum atomic E-state index is 12.2. The first-order valence-electron chi connectivity index (χ1n) is 6.49. The van der Waals surface area contributed by atoms with E-state index in [-0.39, 0.29) is 5.91 Å². The van der Waals surface area contributed by atoms with Gasteiger partial charge in [-0.3, -0.25) is 9.78 Å². The van der Waals surface area contributed by atoms with Gasteiger partial charge in [0.1, 0.15) is 9.88 Å². The van der Waals surface area contributed by atoms with Crippen molar-refractivity contribution in [1.82, 2.24) is 15.4 Å². The van der Waals surface area contributed by atoms with Crippen molar-refractivity contribution in [3.05, 3.63) is 57.5 Å². The van der Waals surface area contributed by atoms with Gasteiger partial charge < -0.3 is 0 Å². The van der Waals surface area contributed by atoms with Crippen molar-refractivity contribution in [3.63, 3.8) is 0 Å². The monoisotopic (exact) mass is 328 g/mol. The number of nitrogens with zero attached hydrogens (tertiary/aromatic N) is 3. The van der Waals surface area contributed by atoms with Crippen molar-refractivity contribution in [2.24, 2.45) is 5.10 Å². The number of aryl methyl sites for hydroxylation is 1. The topological polar surface area (TPSA) is 67.2 Å². The zero-order valence-corrected chi connectivity index (χ0v) is 13.3. The minimum Gasteiger partial charge on any atom is -0.266 e. The van der Waals surface area contributed by atoms with Gasteiger partial charge in [0.25, 0.3) is 5.91 Å². The van der Waals surface area contributed by atoms with E-state index in [4.69, 9.17) is 0 Å². The molecular weight excluding hydrogens is 316 g/mol. The van der Waals surface area contributed by atoms with E-state index in [1.165, 1.54) is 11.3 Å². The fraction of sp³-hybridized carbons (Fsp3) is 0.0667. The molecule has 0 aliphatic rings. The molecule has 0 aliphatic carbocycles. The maximum Gasteiger partial charge on any atom is 0.283 e. The highest BCUT2D eigenvalue weighted by molar-refractivity contribution is 7.17.